The zero-order valence-corrected chi connectivity index (χ0v) is 13.4. The molecule has 0 bridgehead atoms. The van der Waals surface area contributed by atoms with Crippen molar-refractivity contribution in [2.45, 2.75) is 24.0 Å². The van der Waals surface area contributed by atoms with Crippen LogP contribution >= 0.6 is 0 Å². The molecule has 0 saturated heterocycles. The molecule has 0 spiro atoms. The fraction of sp³-hybridized carbons (Fsp3) is 0.235. The van der Waals surface area contributed by atoms with Crippen LogP contribution in [0.2, 0.25) is 0 Å². The molecule has 0 aliphatic rings. The van der Waals surface area contributed by atoms with E-state index in [0.29, 0.717) is 18.0 Å². The third-order valence-corrected chi connectivity index (χ3v) is 4.42. The maximum atomic E-state index is 12.3. The molecule has 2 rings (SSSR count). The Labute approximate surface area is 133 Å². The highest BCUT2D eigenvalue weighted by molar-refractivity contribution is 7.84. The first kappa shape index (κ1) is 16.2. The van der Waals surface area contributed by atoms with Gasteiger partial charge >= 0.3 is 6.03 Å². The lowest BCUT2D eigenvalue weighted by molar-refractivity contribution is 0.252. The molecule has 0 saturated carbocycles. The second-order valence-corrected chi connectivity index (χ2v) is 6.34. The van der Waals surface area contributed by atoms with E-state index in [2.05, 4.69) is 10.6 Å². The Morgan fingerprint density at radius 1 is 1.09 bits per heavy atom. The second kappa shape index (κ2) is 8.34. The van der Waals surface area contributed by atoms with Gasteiger partial charge in [0.2, 0.25) is 0 Å². The van der Waals surface area contributed by atoms with Gasteiger partial charge in [-0.05, 0) is 36.2 Å². The van der Waals surface area contributed by atoms with Crippen LogP contribution in [-0.2, 0) is 16.6 Å². The summed E-state index contributed by atoms with van der Waals surface area (Å²) in [6.07, 6.45) is 0.892. The molecule has 116 valence electrons. The number of nitrogens with one attached hydrogen (secondary N) is 2. The van der Waals surface area contributed by atoms with Gasteiger partial charge in [0.05, 0.1) is 16.6 Å². The Bertz CT molecular complexity index is 644. The maximum absolute atomic E-state index is 12.3. The Balaban J connectivity index is 1.99. The topological polar surface area (TPSA) is 58.2 Å². The van der Waals surface area contributed by atoms with Gasteiger partial charge in [-0.15, -0.1) is 0 Å². The minimum Gasteiger partial charge on any atom is -0.338 e. The number of amides is 2. The van der Waals surface area contributed by atoms with Gasteiger partial charge in [-0.3, -0.25) is 4.21 Å². The molecule has 0 heterocycles. The van der Waals surface area contributed by atoms with Crippen molar-refractivity contribution in [2.24, 2.45) is 0 Å². The quantitative estimate of drug-likeness (QED) is 0.856. The smallest absolute Gasteiger partial charge is 0.319 e. The average Bonchev–Trinajstić information content (AvgIpc) is 2.54. The van der Waals surface area contributed by atoms with Crippen LogP contribution in [0.15, 0.2) is 59.5 Å². The van der Waals surface area contributed by atoms with Crippen LogP contribution in [0, 0.1) is 0 Å². The predicted octanol–water partition coefficient (Wildman–Crippen LogP) is 3.53. The number of benzene rings is 2. The average molecular weight is 316 g/mol. The Hall–Kier alpha value is -2.14. The van der Waals surface area contributed by atoms with Crippen molar-refractivity contribution in [2.75, 3.05) is 11.9 Å². The van der Waals surface area contributed by atoms with Gasteiger partial charge in [0.25, 0.3) is 0 Å². The zero-order valence-electron chi connectivity index (χ0n) is 12.5. The Kier molecular flexibility index (Phi) is 6.15. The van der Waals surface area contributed by atoms with Crippen molar-refractivity contribution in [3.63, 3.8) is 0 Å². The summed E-state index contributed by atoms with van der Waals surface area (Å²) in [5.41, 5.74) is 1.63. The van der Waals surface area contributed by atoms with E-state index >= 15 is 0 Å². The molecular formula is C17H20N2O2S. The third kappa shape index (κ3) is 5.00. The van der Waals surface area contributed by atoms with Gasteiger partial charge < -0.3 is 10.6 Å². The van der Waals surface area contributed by atoms with Gasteiger partial charge in [-0.25, -0.2) is 4.79 Å². The van der Waals surface area contributed by atoms with Crippen molar-refractivity contribution in [3.8, 4) is 0 Å². The summed E-state index contributed by atoms with van der Waals surface area (Å²) in [5, 5.41) is 5.54. The first-order chi connectivity index (χ1) is 10.7. The SMILES string of the molecule is CCCNC(=O)Nc1cccc(CS(=O)c2ccccc2)c1. The van der Waals surface area contributed by atoms with Crippen LogP contribution in [0.3, 0.4) is 0 Å². The van der Waals surface area contributed by atoms with E-state index < -0.39 is 10.8 Å². The summed E-state index contributed by atoms with van der Waals surface area (Å²) in [5.74, 6) is 0.427. The van der Waals surface area contributed by atoms with Crippen LogP contribution in [0.5, 0.6) is 0 Å². The molecule has 0 radical (unpaired) electrons. The molecule has 4 nitrogen and oxygen atoms in total. The minimum atomic E-state index is -1.09. The number of hydrogen-bond donors (Lipinski definition) is 2. The fourth-order valence-corrected chi connectivity index (χ4v) is 3.07. The molecule has 2 N–H and O–H groups in total. The molecule has 2 aromatic carbocycles. The zero-order chi connectivity index (χ0) is 15.8. The molecule has 2 amide bonds. The van der Waals surface area contributed by atoms with E-state index in [-0.39, 0.29) is 6.03 Å². The van der Waals surface area contributed by atoms with Crippen molar-refractivity contribution in [1.82, 2.24) is 5.32 Å². The summed E-state index contributed by atoms with van der Waals surface area (Å²) >= 11 is 0. The number of urea groups is 1. The van der Waals surface area contributed by atoms with E-state index in [4.69, 9.17) is 0 Å². The molecule has 0 aromatic heterocycles. The van der Waals surface area contributed by atoms with E-state index in [1.165, 1.54) is 0 Å². The third-order valence-electron chi connectivity index (χ3n) is 3.02. The lowest BCUT2D eigenvalue weighted by Gasteiger charge is -2.08. The van der Waals surface area contributed by atoms with Crippen LogP contribution in [0.25, 0.3) is 0 Å². The molecule has 1 atom stereocenters. The molecule has 22 heavy (non-hydrogen) atoms. The van der Waals surface area contributed by atoms with Crippen molar-refractivity contribution < 1.29 is 9.00 Å². The largest absolute Gasteiger partial charge is 0.338 e. The number of anilines is 1. The fourth-order valence-electron chi connectivity index (χ4n) is 1.96. The minimum absolute atomic E-state index is 0.219. The number of carbonyl (C=O) groups excluding carboxylic acids is 1. The Morgan fingerprint density at radius 3 is 2.59 bits per heavy atom. The van der Waals surface area contributed by atoms with E-state index in [0.717, 1.165) is 16.9 Å². The highest BCUT2D eigenvalue weighted by Gasteiger charge is 2.06. The van der Waals surface area contributed by atoms with E-state index in [1.807, 2.05) is 61.5 Å². The number of hydrogen-bond acceptors (Lipinski definition) is 2. The molecule has 5 heteroatoms. The van der Waals surface area contributed by atoms with Crippen LogP contribution in [-0.4, -0.2) is 16.8 Å². The van der Waals surface area contributed by atoms with Gasteiger partial charge in [0.15, 0.2) is 0 Å². The number of rotatable bonds is 6. The normalized spacial score (nSPS) is 11.7. The molecule has 2 aromatic rings. The van der Waals surface area contributed by atoms with Gasteiger partial charge in [0, 0.05) is 17.1 Å². The monoisotopic (exact) mass is 316 g/mol. The molecule has 0 aliphatic carbocycles. The summed E-state index contributed by atoms with van der Waals surface area (Å²) in [6, 6.07) is 16.6. The molecule has 1 unspecified atom stereocenters. The van der Waals surface area contributed by atoms with E-state index in [9.17, 15) is 9.00 Å². The van der Waals surface area contributed by atoms with Crippen molar-refractivity contribution in [1.29, 1.82) is 0 Å². The van der Waals surface area contributed by atoms with Gasteiger partial charge in [-0.1, -0.05) is 37.3 Å². The summed E-state index contributed by atoms with van der Waals surface area (Å²) in [7, 11) is -1.09. The maximum Gasteiger partial charge on any atom is 0.319 e. The van der Waals surface area contributed by atoms with Crippen molar-refractivity contribution >= 4 is 22.5 Å². The highest BCUT2D eigenvalue weighted by Crippen LogP contribution is 2.15. The summed E-state index contributed by atoms with van der Waals surface area (Å²) in [4.78, 5) is 12.5. The van der Waals surface area contributed by atoms with Crippen LogP contribution in [0.4, 0.5) is 10.5 Å². The summed E-state index contributed by atoms with van der Waals surface area (Å²) < 4.78 is 12.3. The predicted molar refractivity (Wildman–Crippen MR) is 90.3 cm³/mol. The van der Waals surface area contributed by atoms with Crippen molar-refractivity contribution in [3.05, 3.63) is 60.2 Å². The molecular weight excluding hydrogens is 296 g/mol. The highest BCUT2D eigenvalue weighted by atomic mass is 32.2. The van der Waals surface area contributed by atoms with Crippen LogP contribution < -0.4 is 10.6 Å². The van der Waals surface area contributed by atoms with Gasteiger partial charge in [0.1, 0.15) is 0 Å². The van der Waals surface area contributed by atoms with Crippen LogP contribution in [0.1, 0.15) is 18.9 Å². The lowest BCUT2D eigenvalue weighted by Crippen LogP contribution is -2.29. The number of carbonyl (C=O) groups is 1. The molecule has 0 aliphatic heterocycles. The van der Waals surface area contributed by atoms with Gasteiger partial charge in [-0.2, -0.15) is 0 Å². The molecule has 0 fully saturated rings. The lowest BCUT2D eigenvalue weighted by atomic mass is 10.2. The van der Waals surface area contributed by atoms with E-state index in [1.54, 1.807) is 0 Å². The Morgan fingerprint density at radius 2 is 1.86 bits per heavy atom. The first-order valence-corrected chi connectivity index (χ1v) is 8.58. The first-order valence-electron chi connectivity index (χ1n) is 7.26. The standard InChI is InChI=1S/C17H20N2O2S/c1-2-11-18-17(20)19-15-8-6-7-14(12-15)13-22(21)16-9-4-3-5-10-16/h3-10,12H,2,11,13H2,1H3,(H2,18,19,20). The summed E-state index contributed by atoms with van der Waals surface area (Å²) in [6.45, 7) is 2.64. The second-order valence-electron chi connectivity index (χ2n) is 4.88.